The molecule has 10 nitrogen and oxygen atoms in total. The summed E-state index contributed by atoms with van der Waals surface area (Å²) in [5, 5.41) is 11.3. The number of aromatic nitrogens is 5. The van der Waals surface area contributed by atoms with E-state index in [1.807, 2.05) is 54.6 Å². The first kappa shape index (κ1) is 26.6. The molecule has 3 aromatic heterocycles. The molecule has 0 aliphatic heterocycles. The average molecular weight is 602 g/mol. The van der Waals surface area contributed by atoms with E-state index in [0.717, 1.165) is 15.8 Å². The summed E-state index contributed by atoms with van der Waals surface area (Å²) in [4.78, 5) is 23.1. The van der Waals surface area contributed by atoms with Crippen LogP contribution in [0.2, 0.25) is 5.15 Å². The molecule has 6 rings (SSSR count). The number of nitrogens with zero attached hydrogens (tertiary/aromatic N) is 5. The van der Waals surface area contributed by atoms with Crippen LogP contribution >= 0.6 is 22.9 Å². The summed E-state index contributed by atoms with van der Waals surface area (Å²) in [6.45, 7) is 1.74. The monoisotopic (exact) mass is 601 g/mol. The van der Waals surface area contributed by atoms with Gasteiger partial charge in [-0.15, -0.1) is 10.2 Å². The number of para-hydroxylation sites is 1. The number of hydrogen-bond donors (Lipinski definition) is 2. The van der Waals surface area contributed by atoms with Crippen LogP contribution in [0.3, 0.4) is 0 Å². The Morgan fingerprint density at radius 2 is 1.68 bits per heavy atom. The van der Waals surface area contributed by atoms with Gasteiger partial charge < -0.3 is 0 Å². The molecular formula is C28H20ClN7O3S2. The molecule has 0 fully saturated rings. The van der Waals surface area contributed by atoms with E-state index in [1.54, 1.807) is 19.1 Å². The number of sulfonamides is 1. The second-order valence-electron chi connectivity index (χ2n) is 8.87. The van der Waals surface area contributed by atoms with Crippen molar-refractivity contribution in [1.82, 2.24) is 25.0 Å². The zero-order valence-electron chi connectivity index (χ0n) is 21.3. The maximum Gasteiger partial charge on any atom is 0.283 e. The molecule has 41 heavy (non-hydrogen) atoms. The van der Waals surface area contributed by atoms with Crippen LogP contribution in [0.15, 0.2) is 106 Å². The Labute approximate surface area is 243 Å². The van der Waals surface area contributed by atoms with Crippen LogP contribution < -0.4 is 10.3 Å². The van der Waals surface area contributed by atoms with E-state index in [2.05, 4.69) is 30.0 Å². The van der Waals surface area contributed by atoms with Gasteiger partial charge in [0, 0.05) is 5.56 Å². The van der Waals surface area contributed by atoms with Crippen LogP contribution in [0, 0.1) is 0 Å². The molecule has 0 aliphatic carbocycles. The van der Waals surface area contributed by atoms with Crippen LogP contribution in [-0.4, -0.2) is 39.1 Å². The molecule has 0 saturated carbocycles. The molecule has 0 spiro atoms. The lowest BCUT2D eigenvalue weighted by Gasteiger charge is -2.07. The summed E-state index contributed by atoms with van der Waals surface area (Å²) in [6, 6.07) is 26.0. The van der Waals surface area contributed by atoms with Crippen molar-refractivity contribution in [3.05, 3.63) is 112 Å². The molecule has 2 N–H and O–H groups in total. The number of hydrogen-bond acceptors (Lipinski definition) is 8. The van der Waals surface area contributed by atoms with Crippen molar-refractivity contribution in [2.75, 3.05) is 4.72 Å². The largest absolute Gasteiger partial charge is 0.288 e. The number of thiazole rings is 1. The lowest BCUT2D eigenvalue weighted by Crippen LogP contribution is -2.19. The molecule has 3 aromatic carbocycles. The average Bonchev–Trinajstić information content (AvgIpc) is 3.56. The topological polar surface area (TPSA) is 135 Å². The first-order valence-corrected chi connectivity index (χ1v) is 14.9. The van der Waals surface area contributed by atoms with E-state index >= 15 is 0 Å². The van der Waals surface area contributed by atoms with Crippen molar-refractivity contribution in [1.29, 1.82) is 0 Å². The van der Waals surface area contributed by atoms with Crippen molar-refractivity contribution in [3.8, 4) is 16.4 Å². The third-order valence-electron chi connectivity index (χ3n) is 6.10. The fraction of sp³-hybridized carbons (Fsp3) is 0.0357. The van der Waals surface area contributed by atoms with Crippen molar-refractivity contribution >= 4 is 60.4 Å². The van der Waals surface area contributed by atoms with E-state index in [0.29, 0.717) is 27.8 Å². The first-order valence-electron chi connectivity index (χ1n) is 12.2. The highest BCUT2D eigenvalue weighted by molar-refractivity contribution is 7.92. The van der Waals surface area contributed by atoms with Gasteiger partial charge in [-0.1, -0.05) is 65.4 Å². The lowest BCUT2D eigenvalue weighted by molar-refractivity contribution is 0.601. The molecule has 0 bridgehead atoms. The minimum absolute atomic E-state index is 0.00987. The molecule has 3 heterocycles. The van der Waals surface area contributed by atoms with Gasteiger partial charge >= 0.3 is 0 Å². The number of aromatic amines is 1. The highest BCUT2D eigenvalue weighted by Gasteiger charge is 2.21. The van der Waals surface area contributed by atoms with Gasteiger partial charge in [-0.25, -0.2) is 13.4 Å². The fourth-order valence-corrected chi connectivity index (χ4v) is 6.22. The molecule has 0 radical (unpaired) electrons. The third kappa shape index (κ3) is 5.40. The summed E-state index contributed by atoms with van der Waals surface area (Å²) in [7, 11) is -3.92. The van der Waals surface area contributed by atoms with Crippen LogP contribution in [-0.2, 0) is 10.0 Å². The molecule has 0 atom stereocenters. The number of nitrogens with one attached hydrogen (secondary N) is 2. The predicted octanol–water partition coefficient (Wildman–Crippen LogP) is 5.83. The second-order valence-corrected chi connectivity index (χ2v) is 11.9. The maximum atomic E-state index is 13.8. The molecule has 0 aliphatic rings. The summed E-state index contributed by atoms with van der Waals surface area (Å²) < 4.78 is 30.3. The zero-order valence-corrected chi connectivity index (χ0v) is 23.7. The Hall–Kier alpha value is -4.65. The molecule has 0 saturated heterocycles. The van der Waals surface area contributed by atoms with E-state index in [4.69, 9.17) is 11.6 Å². The number of rotatable bonds is 7. The smallest absolute Gasteiger partial charge is 0.283 e. The zero-order chi connectivity index (χ0) is 28.6. The van der Waals surface area contributed by atoms with E-state index < -0.39 is 10.0 Å². The Balaban J connectivity index is 1.36. The van der Waals surface area contributed by atoms with Crippen LogP contribution in [0.1, 0.15) is 12.5 Å². The van der Waals surface area contributed by atoms with Crippen LogP contribution in [0.4, 0.5) is 11.5 Å². The van der Waals surface area contributed by atoms with Gasteiger partial charge in [-0.3, -0.25) is 19.6 Å². The lowest BCUT2D eigenvalue weighted by atomic mass is 10.1. The van der Waals surface area contributed by atoms with Gasteiger partial charge in [0.2, 0.25) is 5.13 Å². The van der Waals surface area contributed by atoms with Gasteiger partial charge in [-0.05, 0) is 55.5 Å². The van der Waals surface area contributed by atoms with E-state index in [9.17, 15) is 13.2 Å². The highest BCUT2D eigenvalue weighted by atomic mass is 35.5. The van der Waals surface area contributed by atoms with Crippen molar-refractivity contribution in [2.45, 2.75) is 11.8 Å². The van der Waals surface area contributed by atoms with Crippen molar-refractivity contribution < 1.29 is 8.42 Å². The number of halogens is 1. The minimum atomic E-state index is -3.92. The van der Waals surface area contributed by atoms with Crippen LogP contribution in [0.5, 0.6) is 0 Å². The predicted molar refractivity (Wildman–Crippen MR) is 161 cm³/mol. The fourth-order valence-electron chi connectivity index (χ4n) is 4.19. The summed E-state index contributed by atoms with van der Waals surface area (Å²) in [5.74, 6) is 0.0395. The number of benzene rings is 3. The Morgan fingerprint density at radius 3 is 2.39 bits per heavy atom. The SMILES string of the molecule is CC(=Nc1ccc(S(=O)(=O)Nc2ccc(Cl)nn2)cc1)c1c(-c2ccccc2)[nH]n(-c2nc3ccccc3s2)c1=O. The molecule has 13 heteroatoms. The standard InChI is InChI=1S/C28H20ClN7O3S2/c1-17(30-19-11-13-20(14-12-19)41(38,39)35-24-16-15-23(29)32-33-24)25-26(18-7-3-2-4-8-18)34-36(27(25)37)28-31-21-9-5-6-10-22(21)40-28/h2-16,34H,1H3,(H,33,35). The van der Waals surface area contributed by atoms with Gasteiger partial charge in [-0.2, -0.15) is 4.68 Å². The number of anilines is 1. The Kier molecular flexibility index (Phi) is 6.95. The Bertz CT molecular complexity index is 2030. The second kappa shape index (κ2) is 10.7. The van der Waals surface area contributed by atoms with Crippen molar-refractivity contribution in [3.63, 3.8) is 0 Å². The minimum Gasteiger partial charge on any atom is -0.288 e. The summed E-state index contributed by atoms with van der Waals surface area (Å²) >= 11 is 7.12. The normalized spacial score (nSPS) is 12.1. The quantitative estimate of drug-likeness (QED) is 0.221. The number of H-pyrrole nitrogens is 1. The molecular weight excluding hydrogens is 582 g/mol. The first-order chi connectivity index (χ1) is 19.8. The van der Waals surface area contributed by atoms with Gasteiger partial charge in [0.15, 0.2) is 11.0 Å². The van der Waals surface area contributed by atoms with Crippen molar-refractivity contribution in [2.24, 2.45) is 4.99 Å². The van der Waals surface area contributed by atoms with Crippen LogP contribution in [0.25, 0.3) is 26.6 Å². The number of aliphatic imine (C=N–C) groups is 1. The maximum absolute atomic E-state index is 13.8. The van der Waals surface area contributed by atoms with Gasteiger partial charge in [0.25, 0.3) is 15.6 Å². The molecule has 0 unspecified atom stereocenters. The van der Waals surface area contributed by atoms with E-state index in [1.165, 1.54) is 40.3 Å². The molecule has 0 amide bonds. The van der Waals surface area contributed by atoms with E-state index in [-0.39, 0.29) is 21.4 Å². The highest BCUT2D eigenvalue weighted by Crippen LogP contribution is 2.27. The third-order valence-corrected chi connectivity index (χ3v) is 8.70. The van der Waals surface area contributed by atoms with Gasteiger partial charge in [0.05, 0.1) is 37.8 Å². The summed E-state index contributed by atoms with van der Waals surface area (Å²) in [6.07, 6.45) is 0. The molecule has 204 valence electrons. The molecule has 6 aromatic rings. The number of fused-ring (bicyclic) bond motifs is 1. The summed E-state index contributed by atoms with van der Waals surface area (Å²) in [5.41, 5.74) is 3.23. The Morgan fingerprint density at radius 1 is 0.951 bits per heavy atom. The van der Waals surface area contributed by atoms with Gasteiger partial charge in [0.1, 0.15) is 0 Å².